The monoisotopic (exact) mass is 185 g/mol. The normalized spacial score (nSPS) is 9.69. The average molecular weight is 185 g/mol. The number of ether oxygens (including phenoxy) is 1. The first-order valence-electron chi connectivity index (χ1n) is 3.73. The van der Waals surface area contributed by atoms with Crippen LogP contribution in [0, 0.1) is 0 Å². The molecule has 0 aromatic heterocycles. The van der Waals surface area contributed by atoms with Crippen molar-refractivity contribution in [3.63, 3.8) is 0 Å². The Kier molecular flexibility index (Phi) is 5.27. The summed E-state index contributed by atoms with van der Waals surface area (Å²) < 4.78 is 16.7. The van der Waals surface area contributed by atoms with E-state index in [1.165, 1.54) is 6.08 Å². The third-order valence-electron chi connectivity index (χ3n) is 0.995. The summed E-state index contributed by atoms with van der Waals surface area (Å²) in [5, 5.41) is 2.39. The molecule has 13 heavy (non-hydrogen) atoms. The highest BCUT2D eigenvalue weighted by Crippen LogP contribution is 2.00. The third-order valence-corrected chi connectivity index (χ3v) is 0.995. The smallest absolute Gasteiger partial charge is 0.411 e. The lowest BCUT2D eigenvalue weighted by atomic mass is 10.4. The number of rotatable bonds is 4. The van der Waals surface area contributed by atoms with Gasteiger partial charge in [-0.3, -0.25) is 0 Å². The minimum absolute atomic E-state index is 0.0600. The molecule has 1 N–H and O–H groups in total. The van der Waals surface area contributed by atoms with Crippen LogP contribution in [-0.4, -0.2) is 12.6 Å². The standard InChI is InChI=1S/C9H12FNO2/c1-4-11-9(12)13-8(3)6-5-7(2)10/h5-6H,2-4H2,1H3,(H,11,12)/b6-5-. The molecule has 3 nitrogen and oxygen atoms in total. The maximum atomic E-state index is 12.1. The van der Waals surface area contributed by atoms with Crippen LogP contribution in [0.5, 0.6) is 0 Å². The summed E-state index contributed by atoms with van der Waals surface area (Å²) in [5.74, 6) is -0.564. The number of amides is 1. The quantitative estimate of drug-likeness (QED) is 0.539. The lowest BCUT2D eigenvalue weighted by Crippen LogP contribution is -2.22. The molecule has 4 heteroatoms. The summed E-state index contributed by atoms with van der Waals surface area (Å²) in [7, 11) is 0. The van der Waals surface area contributed by atoms with Crippen LogP contribution in [0.4, 0.5) is 9.18 Å². The zero-order chi connectivity index (χ0) is 10.3. The van der Waals surface area contributed by atoms with Crippen LogP contribution in [0.25, 0.3) is 0 Å². The summed E-state index contributed by atoms with van der Waals surface area (Å²) in [5.41, 5.74) is 0. The number of halogens is 1. The molecule has 72 valence electrons. The van der Waals surface area contributed by atoms with E-state index in [4.69, 9.17) is 0 Å². The molecule has 0 aliphatic carbocycles. The van der Waals surface area contributed by atoms with Crippen molar-refractivity contribution in [2.24, 2.45) is 0 Å². The predicted octanol–water partition coefficient (Wildman–Crippen LogP) is 2.29. The number of carbonyl (C=O) groups is 1. The molecule has 0 heterocycles. The first-order chi connectivity index (χ1) is 6.06. The second-order valence-corrected chi connectivity index (χ2v) is 2.17. The van der Waals surface area contributed by atoms with Crippen LogP contribution in [0.3, 0.4) is 0 Å². The van der Waals surface area contributed by atoms with Gasteiger partial charge in [0.05, 0.1) is 0 Å². The number of allylic oxidation sites excluding steroid dienone is 3. The van der Waals surface area contributed by atoms with Crippen molar-refractivity contribution in [3.05, 3.63) is 36.9 Å². The van der Waals surface area contributed by atoms with E-state index in [0.717, 1.165) is 6.08 Å². The number of hydrogen-bond donors (Lipinski definition) is 1. The molecule has 0 saturated carbocycles. The molecule has 0 bridgehead atoms. The van der Waals surface area contributed by atoms with E-state index in [-0.39, 0.29) is 5.76 Å². The minimum Gasteiger partial charge on any atom is -0.411 e. The van der Waals surface area contributed by atoms with Gasteiger partial charge in [0, 0.05) is 6.54 Å². The molecule has 0 radical (unpaired) electrons. The zero-order valence-corrected chi connectivity index (χ0v) is 7.47. The topological polar surface area (TPSA) is 38.3 Å². The van der Waals surface area contributed by atoms with Crippen LogP contribution < -0.4 is 5.32 Å². The molecular formula is C9H12FNO2. The Bertz CT molecular complexity index is 246. The molecule has 0 fully saturated rings. The largest absolute Gasteiger partial charge is 0.412 e. The van der Waals surface area contributed by atoms with Crippen molar-refractivity contribution < 1.29 is 13.9 Å². The Morgan fingerprint density at radius 1 is 1.54 bits per heavy atom. The molecule has 0 aliphatic rings. The van der Waals surface area contributed by atoms with Gasteiger partial charge in [-0.05, 0) is 19.1 Å². The molecule has 0 saturated heterocycles. The van der Waals surface area contributed by atoms with E-state index in [9.17, 15) is 9.18 Å². The maximum Gasteiger partial charge on any atom is 0.412 e. The van der Waals surface area contributed by atoms with Crippen LogP contribution in [-0.2, 0) is 4.74 Å². The fourth-order valence-electron chi connectivity index (χ4n) is 0.517. The Hall–Kier alpha value is -1.58. The van der Waals surface area contributed by atoms with E-state index in [1.807, 2.05) is 0 Å². The number of hydrogen-bond acceptors (Lipinski definition) is 2. The van der Waals surface area contributed by atoms with Gasteiger partial charge in [-0.2, -0.15) is 0 Å². The SMILES string of the molecule is C=C(F)/C=C\C(=C)OC(=O)NCC. The summed E-state index contributed by atoms with van der Waals surface area (Å²) in [6.45, 7) is 8.58. The van der Waals surface area contributed by atoms with Gasteiger partial charge in [0.1, 0.15) is 11.6 Å². The number of alkyl carbamates (subject to hydrolysis) is 1. The fraction of sp³-hybridized carbons (Fsp3) is 0.222. The van der Waals surface area contributed by atoms with Crippen LogP contribution in [0.2, 0.25) is 0 Å². The molecule has 0 aliphatic heterocycles. The van der Waals surface area contributed by atoms with Gasteiger partial charge in [0.2, 0.25) is 0 Å². The summed E-state index contributed by atoms with van der Waals surface area (Å²) >= 11 is 0. The Morgan fingerprint density at radius 2 is 2.15 bits per heavy atom. The third kappa shape index (κ3) is 6.80. The highest BCUT2D eigenvalue weighted by Gasteiger charge is 1.99. The molecule has 0 spiro atoms. The molecule has 0 atom stereocenters. The van der Waals surface area contributed by atoms with Gasteiger partial charge in [0.15, 0.2) is 0 Å². The Labute approximate surface area is 76.6 Å². The van der Waals surface area contributed by atoms with Crippen LogP contribution >= 0.6 is 0 Å². The lowest BCUT2D eigenvalue weighted by Gasteiger charge is -2.02. The number of nitrogens with one attached hydrogen (secondary N) is 1. The lowest BCUT2D eigenvalue weighted by molar-refractivity contribution is 0.180. The van der Waals surface area contributed by atoms with E-state index in [0.29, 0.717) is 6.54 Å². The van der Waals surface area contributed by atoms with Crippen molar-refractivity contribution in [1.29, 1.82) is 0 Å². The molecular weight excluding hydrogens is 173 g/mol. The Morgan fingerprint density at radius 3 is 2.62 bits per heavy atom. The Balaban J connectivity index is 3.87. The van der Waals surface area contributed by atoms with Crippen LogP contribution in [0.15, 0.2) is 36.9 Å². The van der Waals surface area contributed by atoms with Gasteiger partial charge in [-0.1, -0.05) is 13.2 Å². The van der Waals surface area contributed by atoms with Crippen molar-refractivity contribution in [2.45, 2.75) is 6.92 Å². The average Bonchev–Trinajstić information content (AvgIpc) is 2.01. The highest BCUT2D eigenvalue weighted by atomic mass is 19.1. The van der Waals surface area contributed by atoms with Crippen molar-refractivity contribution in [1.82, 2.24) is 5.32 Å². The van der Waals surface area contributed by atoms with E-state index < -0.39 is 11.9 Å². The maximum absolute atomic E-state index is 12.1. The number of carbonyl (C=O) groups excluding carboxylic acids is 1. The first-order valence-corrected chi connectivity index (χ1v) is 3.73. The van der Waals surface area contributed by atoms with Crippen molar-refractivity contribution in [2.75, 3.05) is 6.54 Å². The molecule has 0 unspecified atom stereocenters. The van der Waals surface area contributed by atoms with E-state index >= 15 is 0 Å². The molecule has 1 amide bonds. The van der Waals surface area contributed by atoms with Crippen molar-refractivity contribution >= 4 is 6.09 Å². The van der Waals surface area contributed by atoms with Gasteiger partial charge in [-0.15, -0.1) is 0 Å². The summed E-state index contributed by atoms with van der Waals surface area (Å²) in [6, 6.07) is 0. The first kappa shape index (κ1) is 11.4. The van der Waals surface area contributed by atoms with Gasteiger partial charge < -0.3 is 10.1 Å². The molecule has 0 aromatic carbocycles. The van der Waals surface area contributed by atoms with Gasteiger partial charge in [-0.25, -0.2) is 9.18 Å². The highest BCUT2D eigenvalue weighted by molar-refractivity contribution is 5.68. The second-order valence-electron chi connectivity index (χ2n) is 2.17. The van der Waals surface area contributed by atoms with Crippen molar-refractivity contribution in [3.8, 4) is 0 Å². The molecule has 0 rings (SSSR count). The fourth-order valence-corrected chi connectivity index (χ4v) is 0.517. The zero-order valence-electron chi connectivity index (χ0n) is 7.47. The van der Waals surface area contributed by atoms with Crippen LogP contribution in [0.1, 0.15) is 6.92 Å². The molecule has 0 aromatic rings. The summed E-state index contributed by atoms with van der Waals surface area (Å²) in [4.78, 5) is 10.8. The van der Waals surface area contributed by atoms with Gasteiger partial charge in [0.25, 0.3) is 0 Å². The summed E-state index contributed by atoms with van der Waals surface area (Å²) in [6.07, 6.45) is 1.67. The van der Waals surface area contributed by atoms with Gasteiger partial charge >= 0.3 is 6.09 Å². The van der Waals surface area contributed by atoms with E-state index in [1.54, 1.807) is 6.92 Å². The minimum atomic E-state index is -0.624. The second kappa shape index (κ2) is 5.99. The predicted molar refractivity (Wildman–Crippen MR) is 48.7 cm³/mol. The van der Waals surface area contributed by atoms with E-state index in [2.05, 4.69) is 23.2 Å².